The van der Waals surface area contributed by atoms with Crippen LogP contribution in [0.1, 0.15) is 15.2 Å². The summed E-state index contributed by atoms with van der Waals surface area (Å²) < 4.78 is 0. The summed E-state index contributed by atoms with van der Waals surface area (Å²) in [6.07, 6.45) is 0. The SMILES string of the molecule is Cc1ccc(-c2cc(C(=O)Nc3nc(-c4ccc(Cl)c(Cl)c4)cs3)c3ccccc3n2)s1. The van der Waals surface area contributed by atoms with Crippen LogP contribution >= 0.6 is 45.9 Å². The van der Waals surface area contributed by atoms with Crippen molar-refractivity contribution in [3.8, 4) is 21.8 Å². The predicted molar refractivity (Wildman–Crippen MR) is 135 cm³/mol. The molecule has 3 aromatic heterocycles. The molecule has 8 heteroatoms. The Labute approximate surface area is 202 Å². The van der Waals surface area contributed by atoms with E-state index in [9.17, 15) is 4.79 Å². The fourth-order valence-corrected chi connectivity index (χ4v) is 5.19. The normalized spacial score (nSPS) is 11.1. The van der Waals surface area contributed by atoms with E-state index < -0.39 is 0 Å². The quantitative estimate of drug-likeness (QED) is 0.275. The number of fused-ring (bicyclic) bond motifs is 1. The molecule has 3 heterocycles. The van der Waals surface area contributed by atoms with Gasteiger partial charge in [-0.25, -0.2) is 9.97 Å². The molecule has 0 spiro atoms. The summed E-state index contributed by atoms with van der Waals surface area (Å²) in [5, 5.41) is 7.06. The Balaban J connectivity index is 1.49. The van der Waals surface area contributed by atoms with Gasteiger partial charge in [0.25, 0.3) is 5.91 Å². The van der Waals surface area contributed by atoms with Gasteiger partial charge in [0.2, 0.25) is 0 Å². The Hall–Kier alpha value is -2.77. The van der Waals surface area contributed by atoms with Gasteiger partial charge in [0, 0.05) is 21.2 Å². The highest BCUT2D eigenvalue weighted by Gasteiger charge is 2.16. The molecule has 5 rings (SSSR count). The van der Waals surface area contributed by atoms with E-state index in [2.05, 4.69) is 23.3 Å². The van der Waals surface area contributed by atoms with Crippen LogP contribution < -0.4 is 5.32 Å². The van der Waals surface area contributed by atoms with Gasteiger partial charge in [-0.05, 0) is 43.3 Å². The molecule has 0 aliphatic heterocycles. The molecule has 0 saturated carbocycles. The molecule has 2 aromatic carbocycles. The van der Waals surface area contributed by atoms with E-state index in [1.54, 1.807) is 23.5 Å². The summed E-state index contributed by atoms with van der Waals surface area (Å²) in [5.41, 5.74) is 3.67. The number of para-hydroxylation sites is 1. The highest BCUT2D eigenvalue weighted by Crippen LogP contribution is 2.32. The van der Waals surface area contributed by atoms with Crippen molar-refractivity contribution < 1.29 is 4.79 Å². The molecule has 0 saturated heterocycles. The third kappa shape index (κ3) is 4.14. The Morgan fingerprint density at radius 3 is 2.56 bits per heavy atom. The number of thiophene rings is 1. The summed E-state index contributed by atoms with van der Waals surface area (Å²) in [5.74, 6) is -0.229. The summed E-state index contributed by atoms with van der Waals surface area (Å²) in [6.45, 7) is 2.05. The van der Waals surface area contributed by atoms with Gasteiger partial charge in [-0.1, -0.05) is 47.5 Å². The number of rotatable bonds is 4. The van der Waals surface area contributed by atoms with Crippen LogP contribution in [0.3, 0.4) is 0 Å². The molecule has 0 atom stereocenters. The van der Waals surface area contributed by atoms with Crippen molar-refractivity contribution in [3.05, 3.63) is 86.5 Å². The van der Waals surface area contributed by atoms with E-state index in [1.165, 1.54) is 16.2 Å². The molecule has 0 aliphatic carbocycles. The molecule has 0 bridgehead atoms. The second-order valence-corrected chi connectivity index (χ2v) is 10.1. The number of nitrogens with one attached hydrogen (secondary N) is 1. The Morgan fingerprint density at radius 2 is 1.78 bits per heavy atom. The summed E-state index contributed by atoms with van der Waals surface area (Å²) >= 11 is 15.1. The van der Waals surface area contributed by atoms with E-state index in [-0.39, 0.29) is 5.91 Å². The lowest BCUT2D eigenvalue weighted by Crippen LogP contribution is -2.13. The first-order valence-electron chi connectivity index (χ1n) is 9.67. The van der Waals surface area contributed by atoms with E-state index in [0.29, 0.717) is 20.7 Å². The van der Waals surface area contributed by atoms with Gasteiger partial charge in [0.15, 0.2) is 5.13 Å². The van der Waals surface area contributed by atoms with E-state index in [4.69, 9.17) is 28.2 Å². The number of halogens is 2. The minimum atomic E-state index is -0.229. The second-order valence-electron chi connectivity index (χ2n) is 7.10. The number of hydrogen-bond donors (Lipinski definition) is 1. The van der Waals surface area contributed by atoms with Crippen LogP contribution in [0.25, 0.3) is 32.7 Å². The first-order chi connectivity index (χ1) is 15.5. The van der Waals surface area contributed by atoms with E-state index >= 15 is 0 Å². The number of benzene rings is 2. The molecule has 0 radical (unpaired) electrons. The standard InChI is InChI=1S/C24H15Cl2N3OS2/c1-13-6-9-22(32-13)20-11-16(15-4-2-3-5-19(15)27-20)23(30)29-24-28-21(12-31-24)14-7-8-17(25)18(26)10-14/h2-12H,1H3,(H,28,29,30). The highest BCUT2D eigenvalue weighted by molar-refractivity contribution is 7.15. The fourth-order valence-electron chi connectivity index (χ4n) is 3.35. The second kappa shape index (κ2) is 8.64. The zero-order valence-electron chi connectivity index (χ0n) is 16.7. The molecule has 0 aliphatic rings. The molecule has 5 aromatic rings. The van der Waals surface area contributed by atoms with Gasteiger partial charge in [-0.3, -0.25) is 10.1 Å². The van der Waals surface area contributed by atoms with Crippen molar-refractivity contribution in [1.29, 1.82) is 0 Å². The van der Waals surface area contributed by atoms with Crippen molar-refractivity contribution in [2.75, 3.05) is 5.32 Å². The molecule has 0 fully saturated rings. The van der Waals surface area contributed by atoms with Crippen LogP contribution in [0.4, 0.5) is 5.13 Å². The number of nitrogens with zero attached hydrogens (tertiary/aromatic N) is 2. The van der Waals surface area contributed by atoms with Crippen molar-refractivity contribution in [2.24, 2.45) is 0 Å². The summed E-state index contributed by atoms with van der Waals surface area (Å²) in [7, 11) is 0. The number of amides is 1. The molecule has 32 heavy (non-hydrogen) atoms. The zero-order valence-corrected chi connectivity index (χ0v) is 19.9. The number of aryl methyl sites for hydroxylation is 1. The average molecular weight is 496 g/mol. The van der Waals surface area contributed by atoms with Gasteiger partial charge in [-0.15, -0.1) is 22.7 Å². The van der Waals surface area contributed by atoms with Gasteiger partial charge in [0.05, 0.1) is 37.4 Å². The van der Waals surface area contributed by atoms with Crippen molar-refractivity contribution in [2.45, 2.75) is 6.92 Å². The number of hydrogen-bond acceptors (Lipinski definition) is 5. The van der Waals surface area contributed by atoms with Crippen LogP contribution in [-0.4, -0.2) is 15.9 Å². The Morgan fingerprint density at radius 1 is 0.938 bits per heavy atom. The third-order valence-corrected chi connectivity index (χ3v) is 7.41. The maximum Gasteiger partial charge on any atom is 0.258 e. The Bertz CT molecular complexity index is 1480. The highest BCUT2D eigenvalue weighted by atomic mass is 35.5. The van der Waals surface area contributed by atoms with Gasteiger partial charge >= 0.3 is 0 Å². The van der Waals surface area contributed by atoms with E-state index in [1.807, 2.05) is 47.8 Å². The molecular weight excluding hydrogens is 481 g/mol. The molecule has 4 nitrogen and oxygen atoms in total. The maximum absolute atomic E-state index is 13.3. The first kappa shape index (κ1) is 21.1. The van der Waals surface area contributed by atoms with Crippen LogP contribution in [0.15, 0.2) is 66.0 Å². The van der Waals surface area contributed by atoms with Crippen molar-refractivity contribution in [1.82, 2.24) is 9.97 Å². The number of pyridine rings is 1. The van der Waals surface area contributed by atoms with Crippen LogP contribution in [0.2, 0.25) is 10.0 Å². The monoisotopic (exact) mass is 495 g/mol. The van der Waals surface area contributed by atoms with Gasteiger partial charge in [-0.2, -0.15) is 0 Å². The average Bonchev–Trinajstić information content (AvgIpc) is 3.44. The topological polar surface area (TPSA) is 54.9 Å². The third-order valence-electron chi connectivity index (χ3n) is 4.89. The maximum atomic E-state index is 13.3. The number of anilines is 1. The number of aromatic nitrogens is 2. The minimum Gasteiger partial charge on any atom is -0.298 e. The van der Waals surface area contributed by atoms with Crippen LogP contribution in [0.5, 0.6) is 0 Å². The minimum absolute atomic E-state index is 0.229. The number of carbonyl (C=O) groups is 1. The molecule has 1 N–H and O–H groups in total. The zero-order chi connectivity index (χ0) is 22.2. The summed E-state index contributed by atoms with van der Waals surface area (Å²) in [4.78, 5) is 24.8. The fraction of sp³-hybridized carbons (Fsp3) is 0.0417. The molecular formula is C24H15Cl2N3OS2. The van der Waals surface area contributed by atoms with Crippen LogP contribution in [0, 0.1) is 6.92 Å². The van der Waals surface area contributed by atoms with Gasteiger partial charge < -0.3 is 0 Å². The Kier molecular flexibility index (Phi) is 5.69. The smallest absolute Gasteiger partial charge is 0.258 e. The lowest BCUT2D eigenvalue weighted by Gasteiger charge is -2.08. The number of thiazole rings is 1. The number of carbonyl (C=O) groups excluding carboxylic acids is 1. The largest absolute Gasteiger partial charge is 0.298 e. The molecule has 158 valence electrons. The predicted octanol–water partition coefficient (Wildman–Crippen LogP) is 7.95. The first-order valence-corrected chi connectivity index (χ1v) is 12.1. The van der Waals surface area contributed by atoms with Crippen LogP contribution in [-0.2, 0) is 0 Å². The molecule has 1 amide bonds. The molecule has 0 unspecified atom stereocenters. The van der Waals surface area contributed by atoms with Crippen molar-refractivity contribution in [3.63, 3.8) is 0 Å². The lowest BCUT2D eigenvalue weighted by atomic mass is 10.1. The van der Waals surface area contributed by atoms with Gasteiger partial charge in [0.1, 0.15) is 0 Å². The lowest BCUT2D eigenvalue weighted by molar-refractivity contribution is 0.102. The summed E-state index contributed by atoms with van der Waals surface area (Å²) in [6, 6.07) is 18.9. The van der Waals surface area contributed by atoms with E-state index in [0.717, 1.165) is 32.7 Å². The van der Waals surface area contributed by atoms with Crippen molar-refractivity contribution >= 4 is 67.8 Å².